The summed E-state index contributed by atoms with van der Waals surface area (Å²) in [6, 6.07) is 6.56. The molecule has 3 nitrogen and oxygen atoms in total. The Kier molecular flexibility index (Phi) is 2.61. The topological polar surface area (TPSA) is 41.6 Å². The third-order valence-electron chi connectivity index (χ3n) is 3.37. The van der Waals surface area contributed by atoms with E-state index in [0.717, 1.165) is 29.8 Å². The van der Waals surface area contributed by atoms with Crippen molar-refractivity contribution >= 4 is 11.6 Å². The molecule has 0 saturated heterocycles. The average Bonchev–Trinajstić information content (AvgIpc) is 3.18. The van der Waals surface area contributed by atoms with Crippen LogP contribution >= 0.6 is 11.6 Å². The highest BCUT2D eigenvalue weighted by Gasteiger charge is 2.31. The van der Waals surface area contributed by atoms with Gasteiger partial charge in [0, 0.05) is 29.7 Å². The molecule has 90 valence electrons. The number of hydrogen-bond donors (Lipinski definition) is 0. The summed E-state index contributed by atoms with van der Waals surface area (Å²) in [6.45, 7) is 1.97. The van der Waals surface area contributed by atoms with E-state index in [9.17, 15) is 5.26 Å². The van der Waals surface area contributed by atoms with Crippen LogP contribution in [-0.2, 0) is 0 Å². The van der Waals surface area contributed by atoms with Gasteiger partial charge in [-0.25, -0.2) is 0 Å². The summed E-state index contributed by atoms with van der Waals surface area (Å²) in [5.41, 5.74) is 3.54. The smallest absolute Gasteiger partial charge is 0.103 e. The molecule has 0 amide bonds. The van der Waals surface area contributed by atoms with Gasteiger partial charge < -0.3 is 4.57 Å². The fourth-order valence-corrected chi connectivity index (χ4v) is 2.75. The molecule has 2 heterocycles. The Bertz CT molecular complexity index is 633. The molecule has 3 rings (SSSR count). The molecule has 4 heteroatoms. The van der Waals surface area contributed by atoms with Crippen LogP contribution < -0.4 is 0 Å². The lowest BCUT2D eigenvalue weighted by Crippen LogP contribution is -1.99. The summed E-state index contributed by atoms with van der Waals surface area (Å²) in [4.78, 5) is 4.02. The summed E-state index contributed by atoms with van der Waals surface area (Å²) in [7, 11) is 0. The predicted octanol–water partition coefficient (Wildman–Crippen LogP) is 3.72. The highest BCUT2D eigenvalue weighted by Crippen LogP contribution is 2.45. The lowest BCUT2D eigenvalue weighted by Gasteiger charge is -2.10. The van der Waals surface area contributed by atoms with Crippen LogP contribution in [0.25, 0.3) is 11.3 Å². The first kappa shape index (κ1) is 11.3. The zero-order chi connectivity index (χ0) is 12.7. The van der Waals surface area contributed by atoms with Crippen LogP contribution in [0.15, 0.2) is 24.5 Å². The normalized spacial score (nSPS) is 14.5. The van der Waals surface area contributed by atoms with E-state index in [0.29, 0.717) is 16.6 Å². The molecule has 0 N–H and O–H groups in total. The number of nitriles is 1. The molecular weight excluding hydrogens is 246 g/mol. The number of halogens is 1. The van der Waals surface area contributed by atoms with Crippen molar-refractivity contribution in [2.24, 2.45) is 0 Å². The third-order valence-corrected chi connectivity index (χ3v) is 3.74. The Hall–Kier alpha value is -1.79. The van der Waals surface area contributed by atoms with Crippen molar-refractivity contribution in [3.63, 3.8) is 0 Å². The maximum Gasteiger partial charge on any atom is 0.103 e. The Labute approximate surface area is 111 Å². The minimum atomic E-state index is 0.493. The van der Waals surface area contributed by atoms with Crippen molar-refractivity contribution in [2.45, 2.75) is 25.8 Å². The molecule has 0 radical (unpaired) electrons. The van der Waals surface area contributed by atoms with E-state index < -0.39 is 0 Å². The first-order valence-corrected chi connectivity index (χ1v) is 6.32. The molecular formula is C14H12ClN3. The molecule has 1 saturated carbocycles. The maximum atomic E-state index is 9.23. The van der Waals surface area contributed by atoms with Gasteiger partial charge in [0.15, 0.2) is 0 Å². The molecule has 0 spiro atoms. The number of pyridine rings is 1. The van der Waals surface area contributed by atoms with Gasteiger partial charge in [-0.05, 0) is 31.9 Å². The Balaban J connectivity index is 2.28. The molecule has 0 aliphatic heterocycles. The van der Waals surface area contributed by atoms with E-state index in [1.807, 2.05) is 19.1 Å². The van der Waals surface area contributed by atoms with E-state index >= 15 is 0 Å². The van der Waals surface area contributed by atoms with E-state index in [1.165, 1.54) is 0 Å². The van der Waals surface area contributed by atoms with Crippen LogP contribution in [0.5, 0.6) is 0 Å². The number of nitrogens with zero attached hydrogens (tertiary/aromatic N) is 3. The van der Waals surface area contributed by atoms with Gasteiger partial charge in [0.1, 0.15) is 6.07 Å². The summed E-state index contributed by atoms with van der Waals surface area (Å²) < 4.78 is 2.20. The molecule has 0 unspecified atom stereocenters. The Morgan fingerprint density at radius 1 is 1.39 bits per heavy atom. The van der Waals surface area contributed by atoms with Gasteiger partial charge >= 0.3 is 0 Å². The second kappa shape index (κ2) is 4.15. The molecule has 2 aromatic heterocycles. The quantitative estimate of drug-likeness (QED) is 0.823. The van der Waals surface area contributed by atoms with Crippen molar-refractivity contribution in [1.29, 1.82) is 5.26 Å². The maximum absolute atomic E-state index is 9.23. The predicted molar refractivity (Wildman–Crippen MR) is 70.4 cm³/mol. The molecule has 0 aromatic carbocycles. The van der Waals surface area contributed by atoms with Gasteiger partial charge in [-0.1, -0.05) is 11.6 Å². The SMILES string of the molecule is Cc1c(C#N)c(Cl)c(-c2ccncc2)n1C1CC1. The van der Waals surface area contributed by atoms with Crippen molar-refractivity contribution in [2.75, 3.05) is 0 Å². The molecule has 2 aromatic rings. The van der Waals surface area contributed by atoms with E-state index in [1.54, 1.807) is 12.4 Å². The standard InChI is InChI=1S/C14H12ClN3/c1-9-12(8-16)13(15)14(18(9)11-2-3-11)10-4-6-17-7-5-10/h4-7,11H,2-3H2,1H3. The average molecular weight is 258 g/mol. The van der Waals surface area contributed by atoms with Crippen LogP contribution in [-0.4, -0.2) is 9.55 Å². The Morgan fingerprint density at radius 2 is 2.06 bits per heavy atom. The molecule has 18 heavy (non-hydrogen) atoms. The lowest BCUT2D eigenvalue weighted by atomic mass is 10.2. The summed E-state index contributed by atoms with van der Waals surface area (Å²) in [5, 5.41) is 9.79. The van der Waals surface area contributed by atoms with Gasteiger partial charge in [0.05, 0.1) is 16.3 Å². The van der Waals surface area contributed by atoms with Gasteiger partial charge in [-0.15, -0.1) is 0 Å². The summed E-state index contributed by atoms with van der Waals surface area (Å²) in [6.07, 6.45) is 5.82. The van der Waals surface area contributed by atoms with Crippen LogP contribution in [0.3, 0.4) is 0 Å². The van der Waals surface area contributed by atoms with Gasteiger partial charge in [0.25, 0.3) is 0 Å². The highest BCUT2D eigenvalue weighted by molar-refractivity contribution is 6.34. The van der Waals surface area contributed by atoms with E-state index in [4.69, 9.17) is 11.6 Å². The first-order valence-electron chi connectivity index (χ1n) is 5.94. The monoisotopic (exact) mass is 257 g/mol. The van der Waals surface area contributed by atoms with Gasteiger partial charge in [0.2, 0.25) is 0 Å². The molecule has 1 aliphatic carbocycles. The van der Waals surface area contributed by atoms with Crippen LogP contribution in [0.4, 0.5) is 0 Å². The van der Waals surface area contributed by atoms with Crippen LogP contribution in [0.1, 0.15) is 30.1 Å². The lowest BCUT2D eigenvalue weighted by molar-refractivity contribution is 0.729. The summed E-state index contributed by atoms with van der Waals surface area (Å²) >= 11 is 6.38. The first-order chi connectivity index (χ1) is 8.74. The molecule has 1 aliphatic rings. The van der Waals surface area contributed by atoms with Gasteiger partial charge in [-0.3, -0.25) is 4.98 Å². The van der Waals surface area contributed by atoms with Crippen molar-refractivity contribution in [3.05, 3.63) is 40.8 Å². The van der Waals surface area contributed by atoms with Gasteiger partial charge in [-0.2, -0.15) is 5.26 Å². The number of hydrogen-bond acceptors (Lipinski definition) is 2. The molecule has 0 atom stereocenters. The largest absolute Gasteiger partial charge is 0.339 e. The van der Waals surface area contributed by atoms with Crippen LogP contribution in [0.2, 0.25) is 5.02 Å². The highest BCUT2D eigenvalue weighted by atomic mass is 35.5. The zero-order valence-corrected chi connectivity index (χ0v) is 10.8. The van der Waals surface area contributed by atoms with Crippen LogP contribution in [0, 0.1) is 18.3 Å². The Morgan fingerprint density at radius 3 is 2.61 bits per heavy atom. The van der Waals surface area contributed by atoms with Crippen molar-refractivity contribution in [1.82, 2.24) is 9.55 Å². The minimum Gasteiger partial charge on any atom is -0.339 e. The summed E-state index contributed by atoms with van der Waals surface area (Å²) in [5.74, 6) is 0. The second-order valence-electron chi connectivity index (χ2n) is 4.57. The molecule has 0 bridgehead atoms. The minimum absolute atomic E-state index is 0.493. The number of rotatable bonds is 2. The fourth-order valence-electron chi connectivity index (χ4n) is 2.37. The van der Waals surface area contributed by atoms with Crippen molar-refractivity contribution in [3.8, 4) is 17.3 Å². The molecule has 1 fully saturated rings. The fraction of sp³-hybridized carbons (Fsp3) is 0.286. The second-order valence-corrected chi connectivity index (χ2v) is 4.95. The third kappa shape index (κ3) is 1.61. The zero-order valence-electron chi connectivity index (χ0n) is 10.0. The van der Waals surface area contributed by atoms with Crippen molar-refractivity contribution < 1.29 is 0 Å². The van der Waals surface area contributed by atoms with E-state index in [-0.39, 0.29) is 0 Å². The number of aromatic nitrogens is 2. The van der Waals surface area contributed by atoms with E-state index in [2.05, 4.69) is 15.6 Å².